The molecule has 6 nitrogen and oxygen atoms in total. The number of carbonyl (C=O) groups excluding carboxylic acids is 1. The van der Waals surface area contributed by atoms with E-state index in [9.17, 15) is 10.1 Å². The lowest BCUT2D eigenvalue weighted by molar-refractivity contribution is -0.115. The first kappa shape index (κ1) is 24.0. The molecule has 0 aliphatic rings. The zero-order valence-corrected chi connectivity index (χ0v) is 20.9. The van der Waals surface area contributed by atoms with Crippen LogP contribution in [0, 0.1) is 11.3 Å². The van der Waals surface area contributed by atoms with Crippen molar-refractivity contribution in [2.24, 2.45) is 0 Å². The fraction of sp³-hybridized carbons (Fsp3) is 0.200. The molecule has 4 aromatic rings. The molecule has 0 fully saturated rings. The van der Waals surface area contributed by atoms with Crippen molar-refractivity contribution in [2.45, 2.75) is 30.5 Å². The fourth-order valence-corrected chi connectivity index (χ4v) is 5.27. The van der Waals surface area contributed by atoms with Gasteiger partial charge in [-0.05, 0) is 55.8 Å². The zero-order valence-electron chi connectivity index (χ0n) is 18.5. The van der Waals surface area contributed by atoms with E-state index in [1.807, 2.05) is 44.2 Å². The number of thiazole rings is 1. The molecule has 0 aliphatic carbocycles. The van der Waals surface area contributed by atoms with E-state index < -0.39 is 5.25 Å². The van der Waals surface area contributed by atoms with Crippen LogP contribution >= 0.6 is 34.7 Å². The molecule has 2 aromatic carbocycles. The molecule has 1 atom stereocenters. The number of nitriles is 1. The Morgan fingerprint density at radius 2 is 1.97 bits per heavy atom. The Labute approximate surface area is 211 Å². The van der Waals surface area contributed by atoms with Gasteiger partial charge in [-0.25, -0.2) is 9.97 Å². The van der Waals surface area contributed by atoms with Crippen LogP contribution < -0.4 is 10.1 Å². The molecule has 1 N–H and O–H groups in total. The largest absolute Gasteiger partial charge is 0.494 e. The first-order valence-corrected chi connectivity index (χ1v) is 12.8. The van der Waals surface area contributed by atoms with Gasteiger partial charge in [-0.1, -0.05) is 53.8 Å². The summed E-state index contributed by atoms with van der Waals surface area (Å²) in [5.41, 5.74) is 2.82. The smallest absolute Gasteiger partial charge is 0.239 e. The minimum Gasteiger partial charge on any atom is -0.494 e. The normalized spacial score (nSPS) is 11.7. The van der Waals surface area contributed by atoms with Gasteiger partial charge in [-0.15, -0.1) is 0 Å². The Balaban J connectivity index is 1.54. The van der Waals surface area contributed by atoms with E-state index in [-0.39, 0.29) is 5.91 Å². The maximum atomic E-state index is 13.1. The number of aromatic nitrogens is 2. The van der Waals surface area contributed by atoms with Gasteiger partial charge in [0.15, 0.2) is 5.13 Å². The maximum Gasteiger partial charge on any atom is 0.239 e. The highest BCUT2D eigenvalue weighted by Crippen LogP contribution is 2.33. The molecule has 0 bridgehead atoms. The number of ether oxygens (including phenoxy) is 1. The first-order valence-electron chi connectivity index (χ1n) is 10.7. The molecule has 0 saturated carbocycles. The van der Waals surface area contributed by atoms with E-state index in [0.717, 1.165) is 21.5 Å². The third kappa shape index (κ3) is 5.50. The second kappa shape index (κ2) is 10.9. The van der Waals surface area contributed by atoms with E-state index in [1.165, 1.54) is 23.1 Å². The number of fused-ring (bicyclic) bond motifs is 1. The number of nitrogens with zero attached hydrogens (tertiary/aromatic N) is 3. The van der Waals surface area contributed by atoms with Crippen LogP contribution in [0.15, 0.2) is 59.6 Å². The number of benzene rings is 2. The van der Waals surface area contributed by atoms with Crippen molar-refractivity contribution in [1.82, 2.24) is 9.97 Å². The predicted octanol–water partition coefficient (Wildman–Crippen LogP) is 6.79. The van der Waals surface area contributed by atoms with Gasteiger partial charge in [0.2, 0.25) is 5.91 Å². The summed E-state index contributed by atoms with van der Waals surface area (Å²) in [5.74, 6) is 0.591. The standard InChI is InChI=1S/C25H21ClN4O2S2/c1-3-21(23(31)30-25-29-20-12-10-18(32-4-2)13-22(20)34-25)33-24-16(14-27)7-11-19(28-24)15-5-8-17(26)9-6-15/h5-13,21H,3-4H2,1-2H3,(H,29,30,31). The van der Waals surface area contributed by atoms with Crippen LogP contribution in [-0.2, 0) is 4.79 Å². The number of nitrogens with one attached hydrogen (secondary N) is 1. The molecule has 2 aromatic heterocycles. The molecule has 0 saturated heterocycles. The first-order chi connectivity index (χ1) is 16.5. The van der Waals surface area contributed by atoms with Gasteiger partial charge in [-0.2, -0.15) is 5.26 Å². The molecule has 34 heavy (non-hydrogen) atoms. The van der Waals surface area contributed by atoms with Crippen molar-refractivity contribution in [3.63, 3.8) is 0 Å². The highest BCUT2D eigenvalue weighted by Gasteiger charge is 2.22. The summed E-state index contributed by atoms with van der Waals surface area (Å²) < 4.78 is 6.48. The van der Waals surface area contributed by atoms with E-state index in [0.29, 0.717) is 39.5 Å². The zero-order chi connectivity index (χ0) is 24.1. The van der Waals surface area contributed by atoms with E-state index >= 15 is 0 Å². The molecule has 0 spiro atoms. The van der Waals surface area contributed by atoms with Gasteiger partial charge in [-0.3, -0.25) is 4.79 Å². The minimum atomic E-state index is -0.439. The average Bonchev–Trinajstić information content (AvgIpc) is 3.24. The van der Waals surface area contributed by atoms with E-state index in [4.69, 9.17) is 16.3 Å². The second-order valence-corrected chi connectivity index (χ2v) is 9.91. The van der Waals surface area contributed by atoms with Crippen LogP contribution in [0.25, 0.3) is 21.5 Å². The highest BCUT2D eigenvalue weighted by molar-refractivity contribution is 8.00. The van der Waals surface area contributed by atoms with Crippen LogP contribution in [0.4, 0.5) is 5.13 Å². The van der Waals surface area contributed by atoms with Crippen molar-refractivity contribution in [1.29, 1.82) is 5.26 Å². The van der Waals surface area contributed by atoms with Gasteiger partial charge in [0.1, 0.15) is 16.8 Å². The molecular weight excluding hydrogens is 488 g/mol. The lowest BCUT2D eigenvalue weighted by atomic mass is 10.1. The molecular formula is C25H21ClN4O2S2. The number of halogens is 1. The second-order valence-electron chi connectivity index (χ2n) is 7.25. The number of thioether (sulfide) groups is 1. The molecule has 4 rings (SSSR count). The number of carbonyl (C=O) groups is 1. The highest BCUT2D eigenvalue weighted by atomic mass is 35.5. The number of hydrogen-bond acceptors (Lipinski definition) is 7. The summed E-state index contributed by atoms with van der Waals surface area (Å²) in [6.45, 7) is 4.45. The molecule has 9 heteroatoms. The maximum absolute atomic E-state index is 13.1. The Morgan fingerprint density at radius 1 is 1.18 bits per heavy atom. The van der Waals surface area contributed by atoms with Crippen molar-refractivity contribution < 1.29 is 9.53 Å². The molecule has 2 heterocycles. The van der Waals surface area contributed by atoms with E-state index in [2.05, 4.69) is 21.4 Å². The molecule has 1 amide bonds. The molecule has 172 valence electrons. The Morgan fingerprint density at radius 3 is 2.68 bits per heavy atom. The SMILES string of the molecule is CCOc1ccc2nc(NC(=O)C(CC)Sc3nc(-c4ccc(Cl)cc4)ccc3C#N)sc2c1. The van der Waals surface area contributed by atoms with Gasteiger partial charge in [0.25, 0.3) is 0 Å². The molecule has 1 unspecified atom stereocenters. The summed E-state index contributed by atoms with van der Waals surface area (Å²) in [6, 6.07) is 18.7. The summed E-state index contributed by atoms with van der Waals surface area (Å²) in [6.07, 6.45) is 0.563. The Bertz CT molecular complexity index is 1370. The number of pyridine rings is 1. The van der Waals surface area contributed by atoms with Crippen LogP contribution in [0.5, 0.6) is 5.75 Å². The van der Waals surface area contributed by atoms with Gasteiger partial charge in [0, 0.05) is 10.6 Å². The van der Waals surface area contributed by atoms with Crippen molar-refractivity contribution in [3.05, 3.63) is 65.2 Å². The summed E-state index contributed by atoms with van der Waals surface area (Å²) in [5, 5.41) is 13.7. The van der Waals surface area contributed by atoms with Crippen LogP contribution in [-0.4, -0.2) is 27.7 Å². The number of hydrogen-bond donors (Lipinski definition) is 1. The van der Waals surface area contributed by atoms with Crippen LogP contribution in [0.1, 0.15) is 25.8 Å². The molecule has 0 radical (unpaired) electrons. The quantitative estimate of drug-likeness (QED) is 0.263. The monoisotopic (exact) mass is 508 g/mol. The van der Waals surface area contributed by atoms with Crippen LogP contribution in [0.3, 0.4) is 0 Å². The summed E-state index contributed by atoms with van der Waals surface area (Å²) in [4.78, 5) is 22.3. The summed E-state index contributed by atoms with van der Waals surface area (Å²) in [7, 11) is 0. The Kier molecular flexibility index (Phi) is 7.68. The number of amides is 1. The lowest BCUT2D eigenvalue weighted by Crippen LogP contribution is -2.24. The van der Waals surface area contributed by atoms with Crippen molar-refractivity contribution in [2.75, 3.05) is 11.9 Å². The summed E-state index contributed by atoms with van der Waals surface area (Å²) >= 11 is 8.67. The topological polar surface area (TPSA) is 87.9 Å². The van der Waals surface area contributed by atoms with Crippen LogP contribution in [0.2, 0.25) is 5.02 Å². The van der Waals surface area contributed by atoms with Gasteiger partial charge < -0.3 is 10.1 Å². The Hall–Kier alpha value is -3.12. The predicted molar refractivity (Wildman–Crippen MR) is 139 cm³/mol. The third-order valence-corrected chi connectivity index (χ3v) is 7.49. The number of anilines is 1. The fourth-order valence-electron chi connectivity index (χ4n) is 3.25. The van der Waals surface area contributed by atoms with Crippen molar-refractivity contribution in [3.8, 4) is 23.1 Å². The third-order valence-electron chi connectivity index (χ3n) is 4.94. The minimum absolute atomic E-state index is 0.181. The lowest BCUT2D eigenvalue weighted by Gasteiger charge is -2.14. The van der Waals surface area contributed by atoms with Gasteiger partial charge >= 0.3 is 0 Å². The molecule has 0 aliphatic heterocycles. The van der Waals surface area contributed by atoms with Gasteiger partial charge in [0.05, 0.1) is 33.3 Å². The average molecular weight is 509 g/mol. The van der Waals surface area contributed by atoms with E-state index in [1.54, 1.807) is 24.3 Å². The van der Waals surface area contributed by atoms with Crippen molar-refractivity contribution >= 4 is 56.0 Å². The number of rotatable bonds is 8.